The van der Waals surface area contributed by atoms with Crippen LogP contribution in [0, 0.1) is 0 Å². The number of aromatic amines is 1. The standard InChI is InChI=1S/C7H6O2.CHClN4/c8-7(9)6-4-2-1-3-5-6;2-1-3-5-6-4-1/h1-5H,(H,8,9);(H,3,4,5,6). The van der Waals surface area contributed by atoms with Crippen molar-refractivity contribution in [3.05, 3.63) is 41.2 Å². The molecule has 1 aromatic heterocycles. The van der Waals surface area contributed by atoms with Crippen molar-refractivity contribution in [2.45, 2.75) is 0 Å². The van der Waals surface area contributed by atoms with Crippen LogP contribution in [-0.4, -0.2) is 31.7 Å². The molecule has 2 N–H and O–H groups in total. The highest BCUT2D eigenvalue weighted by Gasteiger charge is 1.96. The summed E-state index contributed by atoms with van der Waals surface area (Å²) < 4.78 is 0. The maximum atomic E-state index is 10.2. The van der Waals surface area contributed by atoms with E-state index in [2.05, 4.69) is 20.6 Å². The van der Waals surface area contributed by atoms with Gasteiger partial charge in [0.05, 0.1) is 5.56 Å². The topological polar surface area (TPSA) is 91.8 Å². The van der Waals surface area contributed by atoms with Crippen LogP contribution in [0.4, 0.5) is 0 Å². The Morgan fingerprint density at radius 3 is 2.27 bits per heavy atom. The normalized spacial score (nSPS) is 8.87. The number of carboxylic acid groups (broad SMARTS) is 1. The van der Waals surface area contributed by atoms with Crippen LogP contribution in [0.5, 0.6) is 0 Å². The molecule has 0 aliphatic rings. The van der Waals surface area contributed by atoms with Gasteiger partial charge < -0.3 is 5.11 Å². The van der Waals surface area contributed by atoms with E-state index in [1.54, 1.807) is 30.3 Å². The van der Waals surface area contributed by atoms with Crippen molar-refractivity contribution >= 4 is 17.6 Å². The van der Waals surface area contributed by atoms with Gasteiger partial charge in [-0.2, -0.15) is 0 Å². The lowest BCUT2D eigenvalue weighted by atomic mass is 10.2. The van der Waals surface area contributed by atoms with E-state index in [1.165, 1.54) is 0 Å². The molecular weight excluding hydrogens is 220 g/mol. The monoisotopic (exact) mass is 226 g/mol. The minimum absolute atomic E-state index is 0.218. The highest BCUT2D eigenvalue weighted by atomic mass is 35.5. The number of carbonyl (C=O) groups is 1. The average Bonchev–Trinajstić information content (AvgIpc) is 2.71. The minimum Gasteiger partial charge on any atom is -0.478 e. The molecule has 0 aliphatic carbocycles. The Morgan fingerprint density at radius 1 is 1.33 bits per heavy atom. The average molecular weight is 227 g/mol. The molecule has 2 rings (SSSR count). The van der Waals surface area contributed by atoms with Crippen molar-refractivity contribution in [1.82, 2.24) is 20.6 Å². The molecule has 0 radical (unpaired) electrons. The zero-order valence-electron chi connectivity index (χ0n) is 7.46. The van der Waals surface area contributed by atoms with Gasteiger partial charge in [-0.15, -0.1) is 0 Å². The summed E-state index contributed by atoms with van der Waals surface area (Å²) in [4.78, 5) is 10.2. The quantitative estimate of drug-likeness (QED) is 0.763. The molecule has 0 saturated carbocycles. The number of nitrogens with one attached hydrogen (secondary N) is 1. The minimum atomic E-state index is -0.879. The molecule has 0 unspecified atom stereocenters. The van der Waals surface area contributed by atoms with Gasteiger partial charge in [-0.25, -0.2) is 9.89 Å². The van der Waals surface area contributed by atoms with Gasteiger partial charge in [0.25, 0.3) is 0 Å². The first-order chi connectivity index (χ1) is 7.20. The third-order valence-electron chi connectivity index (χ3n) is 1.34. The predicted octanol–water partition coefficient (Wildman–Crippen LogP) is 1.24. The van der Waals surface area contributed by atoms with Crippen molar-refractivity contribution in [2.24, 2.45) is 0 Å². The van der Waals surface area contributed by atoms with Crippen molar-refractivity contribution in [3.8, 4) is 0 Å². The number of hydrogen-bond donors (Lipinski definition) is 2. The molecule has 2 aromatic rings. The van der Waals surface area contributed by atoms with Gasteiger partial charge in [0.2, 0.25) is 5.28 Å². The van der Waals surface area contributed by atoms with E-state index in [9.17, 15) is 4.79 Å². The number of hydrogen-bond acceptors (Lipinski definition) is 4. The smallest absolute Gasteiger partial charge is 0.335 e. The maximum Gasteiger partial charge on any atom is 0.335 e. The van der Waals surface area contributed by atoms with Crippen molar-refractivity contribution in [3.63, 3.8) is 0 Å². The van der Waals surface area contributed by atoms with Gasteiger partial charge in [-0.3, -0.25) is 0 Å². The molecule has 78 valence electrons. The summed E-state index contributed by atoms with van der Waals surface area (Å²) in [6, 6.07) is 8.30. The van der Waals surface area contributed by atoms with Crippen molar-refractivity contribution in [2.75, 3.05) is 0 Å². The number of halogens is 1. The highest BCUT2D eigenvalue weighted by molar-refractivity contribution is 6.28. The van der Waals surface area contributed by atoms with Crippen LogP contribution in [0.3, 0.4) is 0 Å². The van der Waals surface area contributed by atoms with Gasteiger partial charge in [-0.1, -0.05) is 23.3 Å². The van der Waals surface area contributed by atoms with Crippen LogP contribution in [0.2, 0.25) is 5.28 Å². The first-order valence-corrected chi connectivity index (χ1v) is 4.25. The summed E-state index contributed by atoms with van der Waals surface area (Å²) in [7, 11) is 0. The number of rotatable bonds is 1. The van der Waals surface area contributed by atoms with Gasteiger partial charge in [0.1, 0.15) is 0 Å². The third kappa shape index (κ3) is 4.19. The second kappa shape index (κ2) is 5.71. The SMILES string of the molecule is Clc1nnn[nH]1.O=C(O)c1ccccc1. The van der Waals surface area contributed by atoms with E-state index < -0.39 is 5.97 Å². The molecule has 1 aromatic carbocycles. The van der Waals surface area contributed by atoms with Crippen LogP contribution < -0.4 is 0 Å². The van der Waals surface area contributed by atoms with Crippen molar-refractivity contribution < 1.29 is 9.90 Å². The Bertz CT molecular complexity index is 404. The van der Waals surface area contributed by atoms with Gasteiger partial charge in [-0.05, 0) is 34.2 Å². The van der Waals surface area contributed by atoms with Gasteiger partial charge >= 0.3 is 5.97 Å². The van der Waals surface area contributed by atoms with E-state index in [-0.39, 0.29) is 5.28 Å². The summed E-state index contributed by atoms with van der Waals surface area (Å²) in [5.41, 5.74) is 0.331. The maximum absolute atomic E-state index is 10.2. The molecule has 0 bridgehead atoms. The Kier molecular flexibility index (Phi) is 4.24. The van der Waals surface area contributed by atoms with Crippen LogP contribution in [0.1, 0.15) is 10.4 Å². The Hall–Kier alpha value is -1.95. The van der Waals surface area contributed by atoms with E-state index >= 15 is 0 Å². The van der Waals surface area contributed by atoms with E-state index in [4.69, 9.17) is 16.7 Å². The third-order valence-corrected chi connectivity index (χ3v) is 1.50. The molecule has 0 aliphatic heterocycles. The molecule has 0 amide bonds. The van der Waals surface area contributed by atoms with Gasteiger partial charge in [0.15, 0.2) is 0 Å². The first-order valence-electron chi connectivity index (χ1n) is 3.87. The van der Waals surface area contributed by atoms with E-state index in [1.807, 2.05) is 0 Å². The summed E-state index contributed by atoms with van der Waals surface area (Å²) in [6.07, 6.45) is 0. The second-order valence-electron chi connectivity index (χ2n) is 2.36. The fourth-order valence-corrected chi connectivity index (χ4v) is 0.800. The lowest BCUT2D eigenvalue weighted by Crippen LogP contribution is -1.93. The fraction of sp³-hybridized carbons (Fsp3) is 0. The molecule has 0 spiro atoms. The highest BCUT2D eigenvalue weighted by Crippen LogP contribution is 1.96. The Balaban J connectivity index is 0.000000162. The van der Waals surface area contributed by atoms with Crippen LogP contribution >= 0.6 is 11.6 Å². The number of carboxylic acids is 1. The molecule has 0 saturated heterocycles. The number of H-pyrrole nitrogens is 1. The van der Waals surface area contributed by atoms with Crippen LogP contribution in [-0.2, 0) is 0 Å². The van der Waals surface area contributed by atoms with Crippen LogP contribution in [0.15, 0.2) is 30.3 Å². The van der Waals surface area contributed by atoms with Crippen molar-refractivity contribution in [1.29, 1.82) is 0 Å². The lowest BCUT2D eigenvalue weighted by molar-refractivity contribution is 0.0697. The predicted molar refractivity (Wildman–Crippen MR) is 52.6 cm³/mol. The van der Waals surface area contributed by atoms with E-state index in [0.717, 1.165) is 0 Å². The molecule has 1 heterocycles. The molecular formula is C8H7ClN4O2. The summed E-state index contributed by atoms with van der Waals surface area (Å²) in [5, 5.41) is 20.5. The largest absolute Gasteiger partial charge is 0.478 e. The fourth-order valence-electron chi connectivity index (χ4n) is 0.728. The molecule has 15 heavy (non-hydrogen) atoms. The van der Waals surface area contributed by atoms with Gasteiger partial charge in [0, 0.05) is 0 Å². The summed E-state index contributed by atoms with van der Waals surface area (Å²) in [5.74, 6) is -0.879. The second-order valence-corrected chi connectivity index (χ2v) is 2.72. The Morgan fingerprint density at radius 2 is 2.00 bits per heavy atom. The summed E-state index contributed by atoms with van der Waals surface area (Å²) in [6.45, 7) is 0. The van der Waals surface area contributed by atoms with Crippen LogP contribution in [0.25, 0.3) is 0 Å². The lowest BCUT2D eigenvalue weighted by Gasteiger charge is -1.88. The molecule has 0 atom stereocenters. The first kappa shape index (κ1) is 11.1. The number of aromatic carboxylic acids is 1. The Labute approximate surface area is 89.9 Å². The molecule has 6 nitrogen and oxygen atoms in total. The van der Waals surface area contributed by atoms with E-state index in [0.29, 0.717) is 5.56 Å². The number of benzene rings is 1. The number of aromatic nitrogens is 4. The molecule has 7 heteroatoms. The zero-order valence-corrected chi connectivity index (χ0v) is 8.22. The zero-order chi connectivity index (χ0) is 11.1. The number of tetrazole rings is 1. The molecule has 0 fully saturated rings. The number of nitrogens with zero attached hydrogens (tertiary/aromatic N) is 3. The summed E-state index contributed by atoms with van der Waals surface area (Å²) >= 11 is 5.16.